The molecule has 0 radical (unpaired) electrons. The minimum atomic E-state index is -4.60. The number of aromatic carboxylic acids is 1. The highest BCUT2D eigenvalue weighted by molar-refractivity contribution is 7.86. The summed E-state index contributed by atoms with van der Waals surface area (Å²) in [6, 6.07) is 7.24. The Morgan fingerprint density at radius 3 is 2.47 bits per heavy atom. The molecule has 0 saturated heterocycles. The molecule has 4 rings (SSSR count). The summed E-state index contributed by atoms with van der Waals surface area (Å²) in [7, 11) is -4.60. The minimum Gasteiger partial charge on any atom is -0.502 e. The number of azo groups is 1. The number of benzene rings is 2. The van der Waals surface area contributed by atoms with Crippen molar-refractivity contribution in [2.45, 2.75) is 11.3 Å². The zero-order chi connectivity index (χ0) is 27.8. The topological polar surface area (TPSA) is 196 Å². The van der Waals surface area contributed by atoms with Gasteiger partial charge in [-0.05, 0) is 48.4 Å². The van der Waals surface area contributed by atoms with Gasteiger partial charge in [0.1, 0.15) is 10.6 Å². The van der Waals surface area contributed by atoms with Gasteiger partial charge in [0.15, 0.2) is 0 Å². The summed E-state index contributed by atoms with van der Waals surface area (Å²) in [5.41, 5.74) is -1.54. The monoisotopic (exact) mass is 575 g/mol. The van der Waals surface area contributed by atoms with Gasteiger partial charge in [-0.2, -0.15) is 8.42 Å². The van der Waals surface area contributed by atoms with Crippen molar-refractivity contribution in [1.82, 2.24) is 9.55 Å². The molecule has 0 bridgehead atoms. The molecule has 38 heavy (non-hydrogen) atoms. The van der Waals surface area contributed by atoms with E-state index in [1.807, 2.05) is 0 Å². The molecule has 0 aliphatic carbocycles. The number of carbonyl (C=O) groups is 1. The molecule has 0 fully saturated rings. The number of hydrogen-bond donors (Lipinski definition) is 4. The van der Waals surface area contributed by atoms with Gasteiger partial charge < -0.3 is 15.3 Å². The van der Waals surface area contributed by atoms with Gasteiger partial charge in [-0.1, -0.05) is 22.9 Å². The highest BCUT2D eigenvalue weighted by Crippen LogP contribution is 2.38. The van der Waals surface area contributed by atoms with E-state index in [4.69, 9.17) is 23.3 Å². The average molecular weight is 576 g/mol. The standard InChI is InChI=1S/C22H14ClN5O8S2/c1-24-17-12(6-7-29)18(20(31)28(19(17)30)11-4-2-10(3-5-11)21(32)33)26-27-22-25-14-8-13(23)16(38(34,35)36)9-15(14)37-22/h2-5,8-9,29-30H,6-7H2,(H,32,33)(H,34,35,36). The fraction of sp³-hybridized carbons (Fsp3) is 0.0909. The van der Waals surface area contributed by atoms with Crippen molar-refractivity contribution in [3.05, 3.63) is 74.3 Å². The molecule has 0 aliphatic heterocycles. The Hall–Kier alpha value is -4.20. The maximum atomic E-state index is 13.4. The summed E-state index contributed by atoms with van der Waals surface area (Å²) < 4.78 is 33.4. The molecule has 16 heteroatoms. The molecule has 2 heterocycles. The normalized spacial score (nSPS) is 11.7. The molecule has 0 saturated carbocycles. The Labute approximate surface area is 222 Å². The van der Waals surface area contributed by atoms with E-state index in [1.54, 1.807) is 0 Å². The first-order valence-corrected chi connectivity index (χ1v) is 12.9. The van der Waals surface area contributed by atoms with Crippen LogP contribution in [0.3, 0.4) is 0 Å². The summed E-state index contributed by atoms with van der Waals surface area (Å²) in [4.78, 5) is 31.5. The van der Waals surface area contributed by atoms with E-state index in [1.165, 1.54) is 30.3 Å². The molecule has 0 aliphatic rings. The Balaban J connectivity index is 1.89. The number of fused-ring (bicyclic) bond motifs is 1. The SMILES string of the molecule is [C-]#[N+]c1c(CCO)c(N=Nc2nc3cc(Cl)c(S(=O)(=O)O)cc3s2)c(=O)n(-c2ccc(C(=O)O)cc2)c1O. The van der Waals surface area contributed by atoms with Crippen molar-refractivity contribution in [1.29, 1.82) is 0 Å². The average Bonchev–Trinajstić information content (AvgIpc) is 3.25. The van der Waals surface area contributed by atoms with Crippen LogP contribution in [-0.4, -0.2) is 50.4 Å². The number of pyridine rings is 1. The van der Waals surface area contributed by atoms with E-state index in [9.17, 15) is 32.8 Å². The first-order valence-electron chi connectivity index (χ1n) is 10.3. The molecule has 13 nitrogen and oxygen atoms in total. The van der Waals surface area contributed by atoms with Gasteiger partial charge in [-0.25, -0.2) is 14.6 Å². The molecule has 194 valence electrons. The molecule has 0 atom stereocenters. The molecule has 2 aromatic carbocycles. The van der Waals surface area contributed by atoms with Gasteiger partial charge in [0.05, 0.1) is 33.1 Å². The quantitative estimate of drug-likeness (QED) is 0.141. The fourth-order valence-corrected chi connectivity index (χ4v) is 5.40. The van der Waals surface area contributed by atoms with Crippen molar-refractivity contribution < 1.29 is 33.1 Å². The van der Waals surface area contributed by atoms with Crippen LogP contribution in [0.2, 0.25) is 5.02 Å². The van der Waals surface area contributed by atoms with Crippen LogP contribution >= 0.6 is 22.9 Å². The number of aliphatic hydroxyl groups excluding tert-OH is 1. The summed E-state index contributed by atoms with van der Waals surface area (Å²) in [5, 5.41) is 36.9. The van der Waals surface area contributed by atoms with Gasteiger partial charge in [0.2, 0.25) is 11.0 Å². The van der Waals surface area contributed by atoms with Crippen molar-refractivity contribution in [3.63, 3.8) is 0 Å². The van der Waals surface area contributed by atoms with Gasteiger partial charge in [0, 0.05) is 6.61 Å². The number of carboxylic acid groups (broad SMARTS) is 1. The predicted molar refractivity (Wildman–Crippen MR) is 136 cm³/mol. The molecule has 0 amide bonds. The Morgan fingerprint density at radius 1 is 1.21 bits per heavy atom. The predicted octanol–water partition coefficient (Wildman–Crippen LogP) is 4.25. The maximum Gasteiger partial charge on any atom is 0.335 e. The fourth-order valence-electron chi connectivity index (χ4n) is 3.50. The van der Waals surface area contributed by atoms with E-state index in [2.05, 4.69) is 20.1 Å². The lowest BCUT2D eigenvalue weighted by atomic mass is 10.1. The lowest BCUT2D eigenvalue weighted by Crippen LogP contribution is -2.20. The Bertz CT molecular complexity index is 1840. The van der Waals surface area contributed by atoms with Crippen LogP contribution in [0.15, 0.2) is 56.3 Å². The third-order valence-electron chi connectivity index (χ3n) is 5.19. The van der Waals surface area contributed by atoms with E-state index in [0.717, 1.165) is 22.0 Å². The molecule has 4 N–H and O–H groups in total. The number of carboxylic acids is 1. The van der Waals surface area contributed by atoms with E-state index < -0.39 is 39.0 Å². The van der Waals surface area contributed by atoms with Gasteiger partial charge in [-0.15, -0.1) is 10.2 Å². The number of rotatable bonds is 7. The van der Waals surface area contributed by atoms with Crippen LogP contribution < -0.4 is 5.56 Å². The number of hydrogen-bond acceptors (Lipinski definition) is 10. The zero-order valence-electron chi connectivity index (χ0n) is 18.7. The molecule has 2 aromatic heterocycles. The maximum absolute atomic E-state index is 13.4. The summed E-state index contributed by atoms with van der Waals surface area (Å²) >= 11 is 6.79. The molecular weight excluding hydrogens is 562 g/mol. The Kier molecular flexibility index (Phi) is 7.26. The lowest BCUT2D eigenvalue weighted by molar-refractivity contribution is 0.0697. The number of halogens is 1. The third-order valence-corrected chi connectivity index (χ3v) is 7.41. The lowest BCUT2D eigenvalue weighted by Gasteiger charge is -2.15. The zero-order valence-corrected chi connectivity index (χ0v) is 21.1. The van der Waals surface area contributed by atoms with E-state index in [0.29, 0.717) is 0 Å². The van der Waals surface area contributed by atoms with Crippen LogP contribution in [-0.2, 0) is 16.5 Å². The number of thiazole rings is 1. The van der Waals surface area contributed by atoms with E-state index in [-0.39, 0.29) is 55.0 Å². The molecule has 0 unspecified atom stereocenters. The number of nitrogens with zero attached hydrogens (tertiary/aromatic N) is 5. The highest BCUT2D eigenvalue weighted by Gasteiger charge is 2.23. The van der Waals surface area contributed by atoms with Crippen LogP contribution in [0.5, 0.6) is 5.88 Å². The summed E-state index contributed by atoms with van der Waals surface area (Å²) in [6.45, 7) is 7.02. The van der Waals surface area contributed by atoms with Crippen LogP contribution in [0.25, 0.3) is 20.7 Å². The first kappa shape index (κ1) is 26.9. The van der Waals surface area contributed by atoms with Crippen LogP contribution in [0.1, 0.15) is 15.9 Å². The minimum absolute atomic E-state index is 0.0345. The van der Waals surface area contributed by atoms with Crippen molar-refractivity contribution in [2.24, 2.45) is 10.2 Å². The van der Waals surface area contributed by atoms with Crippen molar-refractivity contribution in [3.8, 4) is 11.6 Å². The second-order valence-corrected chi connectivity index (χ2v) is 10.3. The van der Waals surface area contributed by atoms with Crippen molar-refractivity contribution in [2.75, 3.05) is 6.61 Å². The van der Waals surface area contributed by atoms with E-state index >= 15 is 0 Å². The molecule has 4 aromatic rings. The van der Waals surface area contributed by atoms with Crippen LogP contribution in [0.4, 0.5) is 16.5 Å². The van der Waals surface area contributed by atoms with Crippen molar-refractivity contribution >= 4 is 65.7 Å². The van der Waals surface area contributed by atoms with Gasteiger partial charge >= 0.3 is 5.97 Å². The summed E-state index contributed by atoms with van der Waals surface area (Å²) in [5.74, 6) is -1.94. The summed E-state index contributed by atoms with van der Waals surface area (Å²) in [6.07, 6.45) is -0.221. The first-order chi connectivity index (χ1) is 18.0. The smallest absolute Gasteiger partial charge is 0.335 e. The Morgan fingerprint density at radius 2 is 1.89 bits per heavy atom. The number of aromatic nitrogens is 2. The second kappa shape index (κ2) is 10.3. The van der Waals surface area contributed by atoms with Gasteiger partial charge in [0.25, 0.3) is 21.4 Å². The molecular formula is C22H14ClN5O8S2. The number of aliphatic hydroxyl groups is 1. The third kappa shape index (κ3) is 4.98. The highest BCUT2D eigenvalue weighted by atomic mass is 35.5. The van der Waals surface area contributed by atoms with Gasteiger partial charge in [-0.3, -0.25) is 13.9 Å². The molecule has 0 spiro atoms. The van der Waals surface area contributed by atoms with Crippen LogP contribution in [0, 0.1) is 6.57 Å². The largest absolute Gasteiger partial charge is 0.502 e. The number of aromatic hydroxyl groups is 1. The second-order valence-electron chi connectivity index (χ2n) is 7.50.